The first-order valence-corrected chi connectivity index (χ1v) is 8.51. The predicted octanol–water partition coefficient (Wildman–Crippen LogP) is 4.58. The van der Waals surface area contributed by atoms with Crippen molar-refractivity contribution in [1.82, 2.24) is 9.88 Å². The third-order valence-electron chi connectivity index (χ3n) is 4.25. The van der Waals surface area contributed by atoms with Crippen LogP contribution in [0.3, 0.4) is 0 Å². The Morgan fingerprint density at radius 2 is 2.19 bits per heavy atom. The molecule has 2 heterocycles. The highest BCUT2D eigenvalue weighted by Gasteiger charge is 2.22. The van der Waals surface area contributed by atoms with Crippen molar-refractivity contribution >= 4 is 0 Å². The molecule has 1 aliphatic heterocycles. The number of pyridine rings is 1. The minimum atomic E-state index is 0.516. The molecule has 0 amide bonds. The number of nitrogens with zero attached hydrogens (tertiary/aromatic N) is 2. The molecule has 1 atom stereocenters. The van der Waals surface area contributed by atoms with Gasteiger partial charge in [-0.3, -0.25) is 9.88 Å². The molecule has 0 aromatic carbocycles. The van der Waals surface area contributed by atoms with E-state index >= 15 is 0 Å². The molecular formula is C19H28N2. The lowest BCUT2D eigenvalue weighted by atomic mass is 9.96. The smallest absolute Gasteiger partial charge is 0.0606 e. The summed E-state index contributed by atoms with van der Waals surface area (Å²) < 4.78 is 0. The number of aromatic nitrogens is 1. The van der Waals surface area contributed by atoms with Gasteiger partial charge in [-0.1, -0.05) is 44.6 Å². The topological polar surface area (TPSA) is 16.1 Å². The van der Waals surface area contributed by atoms with E-state index in [9.17, 15) is 0 Å². The molecular weight excluding hydrogens is 256 g/mol. The van der Waals surface area contributed by atoms with E-state index in [0.717, 1.165) is 13.0 Å². The Morgan fingerprint density at radius 3 is 3.00 bits per heavy atom. The fourth-order valence-electron chi connectivity index (χ4n) is 3.02. The van der Waals surface area contributed by atoms with Crippen LogP contribution in [0.5, 0.6) is 0 Å². The van der Waals surface area contributed by atoms with Crippen LogP contribution >= 0.6 is 0 Å². The van der Waals surface area contributed by atoms with Gasteiger partial charge in [0.05, 0.1) is 6.54 Å². The molecule has 1 aliphatic rings. The molecule has 0 N–H and O–H groups in total. The second kappa shape index (κ2) is 9.58. The fourth-order valence-corrected chi connectivity index (χ4v) is 3.02. The Kier molecular flexibility index (Phi) is 7.32. The van der Waals surface area contributed by atoms with Crippen LogP contribution in [0.2, 0.25) is 0 Å². The molecule has 1 saturated heterocycles. The summed E-state index contributed by atoms with van der Waals surface area (Å²) in [6.45, 7) is 4.33. The third-order valence-corrected chi connectivity index (χ3v) is 4.25. The van der Waals surface area contributed by atoms with Crippen molar-refractivity contribution in [2.45, 2.75) is 64.3 Å². The van der Waals surface area contributed by atoms with E-state index in [-0.39, 0.29) is 0 Å². The highest BCUT2D eigenvalue weighted by molar-refractivity contribution is 5.16. The van der Waals surface area contributed by atoms with Crippen molar-refractivity contribution in [3.63, 3.8) is 0 Å². The summed E-state index contributed by atoms with van der Waals surface area (Å²) >= 11 is 0. The highest BCUT2D eigenvalue weighted by atomic mass is 15.2. The van der Waals surface area contributed by atoms with Crippen LogP contribution in [0, 0.1) is 11.8 Å². The van der Waals surface area contributed by atoms with Crippen molar-refractivity contribution in [2.24, 2.45) is 0 Å². The summed E-state index contributed by atoms with van der Waals surface area (Å²) in [6.07, 6.45) is 14.0. The molecule has 0 radical (unpaired) electrons. The SMILES string of the molecule is CCCCCCC#CCN1CCCC[C@H]1c1cccnc1. The number of piperidine rings is 1. The Morgan fingerprint density at radius 1 is 1.24 bits per heavy atom. The average Bonchev–Trinajstić information content (AvgIpc) is 2.55. The number of unbranched alkanes of at least 4 members (excludes halogenated alkanes) is 4. The van der Waals surface area contributed by atoms with Gasteiger partial charge < -0.3 is 0 Å². The normalized spacial score (nSPS) is 19.0. The van der Waals surface area contributed by atoms with Crippen molar-refractivity contribution in [3.8, 4) is 11.8 Å². The zero-order valence-corrected chi connectivity index (χ0v) is 13.4. The van der Waals surface area contributed by atoms with Crippen LogP contribution in [0.4, 0.5) is 0 Å². The molecule has 114 valence electrons. The fraction of sp³-hybridized carbons (Fsp3) is 0.632. The van der Waals surface area contributed by atoms with E-state index in [1.54, 1.807) is 0 Å². The van der Waals surface area contributed by atoms with Crippen molar-refractivity contribution in [2.75, 3.05) is 13.1 Å². The maximum absolute atomic E-state index is 4.27. The number of hydrogen-bond donors (Lipinski definition) is 0. The first-order valence-electron chi connectivity index (χ1n) is 8.51. The summed E-state index contributed by atoms with van der Waals surface area (Å²) in [5, 5.41) is 0. The lowest BCUT2D eigenvalue weighted by molar-refractivity contribution is 0.169. The quantitative estimate of drug-likeness (QED) is 0.561. The largest absolute Gasteiger partial charge is 0.285 e. The third kappa shape index (κ3) is 5.52. The van der Waals surface area contributed by atoms with Crippen LogP contribution in [0.15, 0.2) is 24.5 Å². The van der Waals surface area contributed by atoms with Gasteiger partial charge in [0.25, 0.3) is 0 Å². The predicted molar refractivity (Wildman–Crippen MR) is 88.9 cm³/mol. The van der Waals surface area contributed by atoms with Gasteiger partial charge in [-0.25, -0.2) is 0 Å². The molecule has 0 aliphatic carbocycles. The van der Waals surface area contributed by atoms with Gasteiger partial charge in [0.2, 0.25) is 0 Å². The summed E-state index contributed by atoms with van der Waals surface area (Å²) in [5.74, 6) is 6.74. The minimum Gasteiger partial charge on any atom is -0.285 e. The lowest BCUT2D eigenvalue weighted by Crippen LogP contribution is -2.33. The molecule has 0 spiro atoms. The standard InChI is InChI=1S/C19H28N2/c1-2-3-4-5-6-7-9-15-21-16-10-8-13-19(21)18-12-11-14-20-17-18/h11-12,14,17,19H,2-6,8,10,13,15-16H2,1H3/t19-/m0/s1. The van der Waals surface area contributed by atoms with E-state index in [4.69, 9.17) is 0 Å². The Hall–Kier alpha value is -1.33. The van der Waals surface area contributed by atoms with Crippen molar-refractivity contribution in [1.29, 1.82) is 0 Å². The number of rotatable bonds is 6. The first-order chi connectivity index (χ1) is 10.4. The minimum absolute atomic E-state index is 0.516. The van der Waals surface area contributed by atoms with E-state index < -0.39 is 0 Å². The molecule has 2 heteroatoms. The van der Waals surface area contributed by atoms with Crippen LogP contribution < -0.4 is 0 Å². The van der Waals surface area contributed by atoms with E-state index in [1.807, 2.05) is 18.5 Å². The summed E-state index contributed by atoms with van der Waals surface area (Å²) in [4.78, 5) is 6.80. The lowest BCUT2D eigenvalue weighted by Gasteiger charge is -2.34. The molecule has 1 fully saturated rings. The average molecular weight is 284 g/mol. The second-order valence-corrected chi connectivity index (χ2v) is 5.93. The van der Waals surface area contributed by atoms with Gasteiger partial charge in [-0.05, 0) is 37.4 Å². The summed E-state index contributed by atoms with van der Waals surface area (Å²) in [5.41, 5.74) is 1.35. The van der Waals surface area contributed by atoms with E-state index in [2.05, 4.69) is 34.7 Å². The molecule has 0 unspecified atom stereocenters. The van der Waals surface area contributed by atoms with Crippen LogP contribution in [-0.2, 0) is 0 Å². The molecule has 21 heavy (non-hydrogen) atoms. The monoisotopic (exact) mass is 284 g/mol. The molecule has 2 nitrogen and oxygen atoms in total. The zero-order valence-electron chi connectivity index (χ0n) is 13.4. The van der Waals surface area contributed by atoms with Gasteiger partial charge in [0.1, 0.15) is 0 Å². The van der Waals surface area contributed by atoms with Crippen LogP contribution in [-0.4, -0.2) is 23.0 Å². The maximum atomic E-state index is 4.27. The summed E-state index contributed by atoms with van der Waals surface area (Å²) in [6, 6.07) is 4.76. The Labute approximate surface area is 130 Å². The number of likely N-dealkylation sites (tertiary alicyclic amines) is 1. The van der Waals surface area contributed by atoms with Gasteiger partial charge in [0.15, 0.2) is 0 Å². The summed E-state index contributed by atoms with van der Waals surface area (Å²) in [7, 11) is 0. The van der Waals surface area contributed by atoms with Crippen molar-refractivity contribution in [3.05, 3.63) is 30.1 Å². The van der Waals surface area contributed by atoms with Crippen LogP contribution in [0.1, 0.15) is 69.9 Å². The maximum Gasteiger partial charge on any atom is 0.0606 e. The molecule has 0 bridgehead atoms. The molecule has 0 saturated carbocycles. The highest BCUT2D eigenvalue weighted by Crippen LogP contribution is 2.29. The number of hydrogen-bond acceptors (Lipinski definition) is 2. The van der Waals surface area contributed by atoms with Gasteiger partial charge in [-0.2, -0.15) is 0 Å². The van der Waals surface area contributed by atoms with E-state index in [1.165, 1.54) is 57.1 Å². The molecule has 1 aromatic rings. The second-order valence-electron chi connectivity index (χ2n) is 5.93. The van der Waals surface area contributed by atoms with Gasteiger partial charge >= 0.3 is 0 Å². The molecule has 1 aromatic heterocycles. The van der Waals surface area contributed by atoms with Crippen LogP contribution in [0.25, 0.3) is 0 Å². The van der Waals surface area contributed by atoms with Crippen molar-refractivity contribution < 1.29 is 0 Å². The first kappa shape index (κ1) is 16.0. The zero-order chi connectivity index (χ0) is 14.8. The van der Waals surface area contributed by atoms with Gasteiger partial charge in [0, 0.05) is 24.9 Å². The van der Waals surface area contributed by atoms with Gasteiger partial charge in [-0.15, -0.1) is 5.92 Å². The Bertz CT molecular complexity index is 444. The Balaban J connectivity index is 1.81. The van der Waals surface area contributed by atoms with E-state index in [0.29, 0.717) is 6.04 Å². The molecule has 2 rings (SSSR count).